The van der Waals surface area contributed by atoms with E-state index in [9.17, 15) is 4.79 Å². The molecular formula is C10H9ClN4O2. The fraction of sp³-hybridized carbons (Fsp3) is 0.100. The summed E-state index contributed by atoms with van der Waals surface area (Å²) in [4.78, 5) is 15.0. The van der Waals surface area contributed by atoms with Crippen LogP contribution >= 0.6 is 11.6 Å². The number of ether oxygens (including phenoxy) is 1. The Morgan fingerprint density at radius 3 is 3.00 bits per heavy atom. The summed E-state index contributed by atoms with van der Waals surface area (Å²) in [7, 11) is 1.26. The molecule has 0 aliphatic heterocycles. The van der Waals surface area contributed by atoms with Gasteiger partial charge in [0.15, 0.2) is 0 Å². The van der Waals surface area contributed by atoms with Gasteiger partial charge in [0.05, 0.1) is 18.5 Å². The number of carbonyl (C=O) groups is 1. The number of benzene rings is 1. The molecule has 1 heterocycles. The standard InChI is InChI=1S/C10H9ClN4O2/c1-17-10(16)9-13-5-15(14-9)8-4-6(11)2-3-7(8)12/h2-5H,12H2,1H3. The molecule has 88 valence electrons. The van der Waals surface area contributed by atoms with Crippen LogP contribution in [-0.4, -0.2) is 27.8 Å². The third-order valence-corrected chi connectivity index (χ3v) is 2.33. The monoisotopic (exact) mass is 252 g/mol. The molecule has 2 N–H and O–H groups in total. The van der Waals surface area contributed by atoms with E-state index in [1.54, 1.807) is 18.2 Å². The van der Waals surface area contributed by atoms with E-state index in [0.717, 1.165) is 0 Å². The number of hydrogen-bond acceptors (Lipinski definition) is 5. The third-order valence-electron chi connectivity index (χ3n) is 2.10. The lowest BCUT2D eigenvalue weighted by Gasteiger charge is -2.04. The Hall–Kier alpha value is -2.08. The average molecular weight is 253 g/mol. The molecule has 2 rings (SSSR count). The third kappa shape index (κ3) is 2.21. The van der Waals surface area contributed by atoms with Gasteiger partial charge in [0.25, 0.3) is 5.82 Å². The zero-order valence-corrected chi connectivity index (χ0v) is 9.68. The Labute approximate surface area is 102 Å². The molecular weight excluding hydrogens is 244 g/mol. The minimum absolute atomic E-state index is 0.0353. The number of methoxy groups -OCH3 is 1. The number of rotatable bonds is 2. The lowest BCUT2D eigenvalue weighted by atomic mass is 10.3. The van der Waals surface area contributed by atoms with Crippen LogP contribution in [0, 0.1) is 0 Å². The maximum atomic E-state index is 11.2. The van der Waals surface area contributed by atoms with E-state index in [1.807, 2.05) is 0 Å². The molecule has 2 aromatic rings. The molecule has 0 amide bonds. The Balaban J connectivity index is 2.43. The summed E-state index contributed by atoms with van der Waals surface area (Å²) in [6, 6.07) is 4.95. The highest BCUT2D eigenvalue weighted by Crippen LogP contribution is 2.20. The van der Waals surface area contributed by atoms with Crippen LogP contribution in [-0.2, 0) is 4.74 Å². The minimum Gasteiger partial charge on any atom is -0.463 e. The van der Waals surface area contributed by atoms with Gasteiger partial charge in [-0.2, -0.15) is 0 Å². The fourth-order valence-corrected chi connectivity index (χ4v) is 1.45. The minimum atomic E-state index is -0.607. The summed E-state index contributed by atoms with van der Waals surface area (Å²) in [5, 5.41) is 4.46. The molecule has 0 saturated heterocycles. The van der Waals surface area contributed by atoms with Crippen molar-refractivity contribution in [2.45, 2.75) is 0 Å². The van der Waals surface area contributed by atoms with Crippen molar-refractivity contribution in [3.8, 4) is 5.69 Å². The summed E-state index contributed by atoms with van der Waals surface area (Å²) >= 11 is 5.85. The number of nitrogen functional groups attached to an aromatic ring is 1. The highest BCUT2D eigenvalue weighted by atomic mass is 35.5. The van der Waals surface area contributed by atoms with Gasteiger partial charge in [-0.25, -0.2) is 14.5 Å². The normalized spacial score (nSPS) is 10.2. The summed E-state index contributed by atoms with van der Waals surface area (Å²) in [5.41, 5.74) is 6.81. The van der Waals surface area contributed by atoms with Crippen molar-refractivity contribution in [1.29, 1.82) is 0 Å². The van der Waals surface area contributed by atoms with Crippen LogP contribution in [0.4, 0.5) is 5.69 Å². The first-order chi connectivity index (χ1) is 8.11. The molecule has 0 saturated carbocycles. The largest absolute Gasteiger partial charge is 0.463 e. The van der Waals surface area contributed by atoms with Crippen LogP contribution in [0.3, 0.4) is 0 Å². The molecule has 0 aliphatic rings. The van der Waals surface area contributed by atoms with E-state index in [1.165, 1.54) is 18.1 Å². The van der Waals surface area contributed by atoms with Gasteiger partial charge in [0.1, 0.15) is 6.33 Å². The van der Waals surface area contributed by atoms with E-state index in [4.69, 9.17) is 17.3 Å². The molecule has 0 fully saturated rings. The number of nitrogens with two attached hydrogens (primary N) is 1. The van der Waals surface area contributed by atoms with E-state index in [0.29, 0.717) is 16.4 Å². The maximum Gasteiger partial charge on any atom is 0.377 e. The van der Waals surface area contributed by atoms with E-state index in [2.05, 4.69) is 14.8 Å². The maximum absolute atomic E-state index is 11.2. The number of aromatic nitrogens is 3. The molecule has 17 heavy (non-hydrogen) atoms. The van der Waals surface area contributed by atoms with Crippen molar-refractivity contribution >= 4 is 23.3 Å². The van der Waals surface area contributed by atoms with Crippen LogP contribution in [0.5, 0.6) is 0 Å². The number of halogens is 1. The molecule has 0 bridgehead atoms. The van der Waals surface area contributed by atoms with Crippen molar-refractivity contribution in [3.05, 3.63) is 35.4 Å². The van der Waals surface area contributed by atoms with Crippen LogP contribution in [0.1, 0.15) is 10.6 Å². The number of hydrogen-bond donors (Lipinski definition) is 1. The number of anilines is 1. The van der Waals surface area contributed by atoms with Gasteiger partial charge >= 0.3 is 5.97 Å². The van der Waals surface area contributed by atoms with E-state index in [-0.39, 0.29) is 5.82 Å². The first-order valence-corrected chi connectivity index (χ1v) is 5.05. The molecule has 0 atom stereocenters. The number of esters is 1. The quantitative estimate of drug-likeness (QED) is 0.643. The van der Waals surface area contributed by atoms with Crippen LogP contribution in [0.15, 0.2) is 24.5 Å². The molecule has 7 heteroatoms. The van der Waals surface area contributed by atoms with Gasteiger partial charge in [-0.3, -0.25) is 0 Å². The molecule has 0 unspecified atom stereocenters. The predicted octanol–water partition coefficient (Wildman–Crippen LogP) is 1.29. The van der Waals surface area contributed by atoms with Gasteiger partial charge in [-0.05, 0) is 18.2 Å². The second kappa shape index (κ2) is 4.42. The number of carbonyl (C=O) groups excluding carboxylic acids is 1. The van der Waals surface area contributed by atoms with Gasteiger partial charge in [-0.15, -0.1) is 5.10 Å². The first-order valence-electron chi connectivity index (χ1n) is 4.67. The summed E-state index contributed by atoms with van der Waals surface area (Å²) < 4.78 is 5.87. The van der Waals surface area contributed by atoms with Gasteiger partial charge in [0, 0.05) is 5.02 Å². The molecule has 1 aromatic carbocycles. The Bertz CT molecular complexity index is 567. The summed E-state index contributed by atoms with van der Waals surface area (Å²) in [6.07, 6.45) is 1.37. The Morgan fingerprint density at radius 1 is 1.53 bits per heavy atom. The summed E-state index contributed by atoms with van der Waals surface area (Å²) in [6.45, 7) is 0. The zero-order chi connectivity index (χ0) is 12.4. The van der Waals surface area contributed by atoms with Crippen molar-refractivity contribution in [1.82, 2.24) is 14.8 Å². The molecule has 0 aliphatic carbocycles. The first kappa shape index (κ1) is 11.4. The van der Waals surface area contributed by atoms with Crippen LogP contribution < -0.4 is 5.73 Å². The number of nitrogens with zero attached hydrogens (tertiary/aromatic N) is 3. The topological polar surface area (TPSA) is 83.0 Å². The molecule has 6 nitrogen and oxygen atoms in total. The van der Waals surface area contributed by atoms with Gasteiger partial charge < -0.3 is 10.5 Å². The highest BCUT2D eigenvalue weighted by Gasteiger charge is 2.13. The molecule has 0 radical (unpaired) electrons. The van der Waals surface area contributed by atoms with Crippen molar-refractivity contribution < 1.29 is 9.53 Å². The zero-order valence-electron chi connectivity index (χ0n) is 8.92. The van der Waals surface area contributed by atoms with Crippen LogP contribution in [0.2, 0.25) is 5.02 Å². The van der Waals surface area contributed by atoms with Crippen molar-refractivity contribution in [3.63, 3.8) is 0 Å². The lowest BCUT2D eigenvalue weighted by molar-refractivity contribution is 0.0587. The second-order valence-corrected chi connectivity index (χ2v) is 3.64. The summed E-state index contributed by atoms with van der Waals surface area (Å²) in [5.74, 6) is -0.642. The van der Waals surface area contributed by atoms with Gasteiger partial charge in [-0.1, -0.05) is 11.6 Å². The highest BCUT2D eigenvalue weighted by molar-refractivity contribution is 6.30. The van der Waals surface area contributed by atoms with E-state index < -0.39 is 5.97 Å². The van der Waals surface area contributed by atoms with Crippen LogP contribution in [0.25, 0.3) is 5.69 Å². The fourth-order valence-electron chi connectivity index (χ4n) is 1.28. The van der Waals surface area contributed by atoms with Crippen molar-refractivity contribution in [2.24, 2.45) is 0 Å². The van der Waals surface area contributed by atoms with Crippen molar-refractivity contribution in [2.75, 3.05) is 12.8 Å². The molecule has 1 aromatic heterocycles. The van der Waals surface area contributed by atoms with Gasteiger partial charge in [0.2, 0.25) is 0 Å². The second-order valence-electron chi connectivity index (χ2n) is 3.21. The smallest absolute Gasteiger partial charge is 0.377 e. The van der Waals surface area contributed by atoms with E-state index >= 15 is 0 Å². The lowest BCUT2D eigenvalue weighted by Crippen LogP contribution is -2.06. The SMILES string of the molecule is COC(=O)c1ncn(-c2cc(Cl)ccc2N)n1. The Morgan fingerprint density at radius 2 is 2.29 bits per heavy atom. The Kier molecular flexibility index (Phi) is 2.97. The predicted molar refractivity (Wildman–Crippen MR) is 62.1 cm³/mol. The average Bonchev–Trinajstić information content (AvgIpc) is 2.80. The molecule has 0 spiro atoms.